The van der Waals surface area contributed by atoms with E-state index in [2.05, 4.69) is 10.1 Å². The molecule has 76 valence electrons. The van der Waals surface area contributed by atoms with Gasteiger partial charge in [-0.05, 0) is 20.8 Å². The summed E-state index contributed by atoms with van der Waals surface area (Å²) in [6, 6.07) is -0.218. The quantitative estimate of drug-likeness (QED) is 0.744. The molecule has 0 amide bonds. The molecule has 1 heterocycles. The van der Waals surface area contributed by atoms with Crippen molar-refractivity contribution in [2.75, 3.05) is 0 Å². The van der Waals surface area contributed by atoms with Crippen LogP contribution in [0.15, 0.2) is 4.52 Å². The van der Waals surface area contributed by atoms with E-state index in [-0.39, 0.29) is 18.4 Å². The van der Waals surface area contributed by atoms with Crippen LogP contribution in [0.2, 0.25) is 0 Å². The molecule has 1 aromatic rings. The molecule has 0 aliphatic heterocycles. The Hall–Kier alpha value is -0.650. The van der Waals surface area contributed by atoms with E-state index in [4.69, 9.17) is 16.0 Å². The fourth-order valence-corrected chi connectivity index (χ4v) is 0.682. The highest BCUT2D eigenvalue weighted by atomic mass is 35.5. The number of aromatic nitrogens is 2. The van der Waals surface area contributed by atoms with Crippen LogP contribution in [-0.2, 0) is 5.54 Å². The molecular weight excluding hydrogens is 192 g/mol. The zero-order valence-electron chi connectivity index (χ0n) is 7.94. The molecule has 1 unspecified atom stereocenters. The second-order valence-corrected chi connectivity index (χ2v) is 3.47. The number of hydrogen-bond acceptors (Lipinski definition) is 5. The molecule has 1 rings (SSSR count). The van der Waals surface area contributed by atoms with Crippen molar-refractivity contribution < 1.29 is 4.52 Å². The molecule has 0 spiro atoms. The Morgan fingerprint density at radius 2 is 2.00 bits per heavy atom. The summed E-state index contributed by atoms with van der Waals surface area (Å²) in [4.78, 5) is 4.05. The molecule has 0 radical (unpaired) electrons. The average Bonchev–Trinajstić information content (AvgIpc) is 2.30. The molecule has 0 aromatic carbocycles. The van der Waals surface area contributed by atoms with Crippen LogP contribution in [0.1, 0.15) is 38.5 Å². The third kappa shape index (κ3) is 2.95. The van der Waals surface area contributed by atoms with Crippen molar-refractivity contribution in [3.05, 3.63) is 11.7 Å². The van der Waals surface area contributed by atoms with Gasteiger partial charge in [-0.3, -0.25) is 0 Å². The topological polar surface area (TPSA) is 91.0 Å². The lowest BCUT2D eigenvalue weighted by Gasteiger charge is -2.10. The van der Waals surface area contributed by atoms with Crippen LogP contribution in [-0.4, -0.2) is 10.1 Å². The Bertz CT molecular complexity index is 266. The summed E-state index contributed by atoms with van der Waals surface area (Å²) in [7, 11) is 0. The first-order chi connectivity index (χ1) is 5.41. The van der Waals surface area contributed by atoms with E-state index in [1.165, 1.54) is 0 Å². The minimum absolute atomic E-state index is 0. The van der Waals surface area contributed by atoms with E-state index in [1.54, 1.807) is 20.8 Å². The fraction of sp³-hybridized carbons (Fsp3) is 0.714. The summed E-state index contributed by atoms with van der Waals surface area (Å²) in [5, 5.41) is 3.69. The van der Waals surface area contributed by atoms with Gasteiger partial charge in [0.2, 0.25) is 5.89 Å². The third-order valence-corrected chi connectivity index (χ3v) is 1.40. The van der Waals surface area contributed by atoms with Gasteiger partial charge in [-0.1, -0.05) is 5.16 Å². The van der Waals surface area contributed by atoms with Crippen molar-refractivity contribution in [1.82, 2.24) is 10.1 Å². The molecule has 13 heavy (non-hydrogen) atoms. The summed E-state index contributed by atoms with van der Waals surface area (Å²) < 4.78 is 4.92. The van der Waals surface area contributed by atoms with E-state index >= 15 is 0 Å². The van der Waals surface area contributed by atoms with E-state index in [0.717, 1.165) is 0 Å². The van der Waals surface area contributed by atoms with Crippen LogP contribution in [0.4, 0.5) is 0 Å². The molecule has 0 aliphatic carbocycles. The molecule has 0 saturated carbocycles. The first-order valence-electron chi connectivity index (χ1n) is 3.80. The number of nitrogens with zero attached hydrogens (tertiary/aromatic N) is 2. The highest BCUT2D eigenvalue weighted by Gasteiger charge is 2.22. The average molecular weight is 207 g/mol. The van der Waals surface area contributed by atoms with E-state index in [9.17, 15) is 0 Å². The molecule has 0 fully saturated rings. The van der Waals surface area contributed by atoms with Crippen molar-refractivity contribution in [3.8, 4) is 0 Å². The van der Waals surface area contributed by atoms with Crippen LogP contribution >= 0.6 is 12.4 Å². The van der Waals surface area contributed by atoms with E-state index in [1.807, 2.05) is 0 Å². The Morgan fingerprint density at radius 1 is 1.46 bits per heavy atom. The second kappa shape index (κ2) is 4.04. The van der Waals surface area contributed by atoms with Crippen molar-refractivity contribution >= 4 is 12.4 Å². The highest BCUT2D eigenvalue weighted by Crippen LogP contribution is 2.15. The minimum atomic E-state index is -0.597. The van der Waals surface area contributed by atoms with Crippen molar-refractivity contribution in [2.24, 2.45) is 11.5 Å². The third-order valence-electron chi connectivity index (χ3n) is 1.40. The van der Waals surface area contributed by atoms with Crippen molar-refractivity contribution in [3.63, 3.8) is 0 Å². The molecule has 0 bridgehead atoms. The van der Waals surface area contributed by atoms with Gasteiger partial charge in [0, 0.05) is 0 Å². The SMILES string of the molecule is CC(N)c1noc(C(C)(C)N)n1.Cl. The summed E-state index contributed by atoms with van der Waals surface area (Å²) in [6.45, 7) is 5.38. The first-order valence-corrected chi connectivity index (χ1v) is 3.80. The maximum Gasteiger partial charge on any atom is 0.246 e. The van der Waals surface area contributed by atoms with Crippen LogP contribution in [0.5, 0.6) is 0 Å². The molecule has 4 N–H and O–H groups in total. The highest BCUT2D eigenvalue weighted by molar-refractivity contribution is 5.85. The molecular formula is C7H15ClN4O. The summed E-state index contributed by atoms with van der Waals surface area (Å²) in [5.74, 6) is 0.901. The van der Waals surface area contributed by atoms with Crippen molar-refractivity contribution in [2.45, 2.75) is 32.4 Å². The van der Waals surface area contributed by atoms with Gasteiger partial charge in [0.05, 0.1) is 11.6 Å². The van der Waals surface area contributed by atoms with Gasteiger partial charge in [-0.25, -0.2) is 0 Å². The van der Waals surface area contributed by atoms with E-state index < -0.39 is 5.54 Å². The molecule has 0 saturated heterocycles. The van der Waals surface area contributed by atoms with Gasteiger partial charge in [0.15, 0.2) is 5.82 Å². The molecule has 0 aliphatic rings. The number of hydrogen-bond donors (Lipinski definition) is 2. The van der Waals surface area contributed by atoms with Crippen LogP contribution in [0.25, 0.3) is 0 Å². The molecule has 1 atom stereocenters. The number of rotatable bonds is 2. The van der Waals surface area contributed by atoms with Gasteiger partial charge in [-0.2, -0.15) is 4.98 Å². The lowest BCUT2D eigenvalue weighted by Crippen LogP contribution is -2.29. The standard InChI is InChI=1S/C7H14N4O.ClH/c1-4(8)5-10-6(12-11-5)7(2,3)9;/h4H,8-9H2,1-3H3;1H. The first kappa shape index (κ1) is 12.3. The van der Waals surface area contributed by atoms with Gasteiger partial charge >= 0.3 is 0 Å². The van der Waals surface area contributed by atoms with Crippen LogP contribution in [0, 0.1) is 0 Å². The molecule has 5 nitrogen and oxygen atoms in total. The number of nitrogens with two attached hydrogens (primary N) is 2. The minimum Gasteiger partial charge on any atom is -0.337 e. The summed E-state index contributed by atoms with van der Waals surface area (Å²) in [6.07, 6.45) is 0. The Labute approximate surface area is 83.3 Å². The van der Waals surface area contributed by atoms with Crippen molar-refractivity contribution in [1.29, 1.82) is 0 Å². The second-order valence-electron chi connectivity index (χ2n) is 3.47. The van der Waals surface area contributed by atoms with Crippen LogP contribution in [0.3, 0.4) is 0 Å². The van der Waals surface area contributed by atoms with Gasteiger partial charge in [0.25, 0.3) is 0 Å². The normalized spacial score (nSPS) is 13.6. The zero-order valence-corrected chi connectivity index (χ0v) is 8.76. The lowest BCUT2D eigenvalue weighted by atomic mass is 10.1. The fourth-order valence-electron chi connectivity index (χ4n) is 0.682. The van der Waals surface area contributed by atoms with Gasteiger partial charge in [0.1, 0.15) is 0 Å². The lowest BCUT2D eigenvalue weighted by molar-refractivity contribution is 0.309. The smallest absolute Gasteiger partial charge is 0.246 e. The predicted octanol–water partition coefficient (Wildman–Crippen LogP) is 0.705. The summed E-state index contributed by atoms with van der Waals surface area (Å²) >= 11 is 0. The predicted molar refractivity (Wildman–Crippen MR) is 51.4 cm³/mol. The monoisotopic (exact) mass is 206 g/mol. The maximum absolute atomic E-state index is 5.73. The Kier molecular flexibility index (Phi) is 3.84. The number of halogens is 1. The maximum atomic E-state index is 5.73. The Balaban J connectivity index is 0.00000144. The van der Waals surface area contributed by atoms with Crippen LogP contribution < -0.4 is 11.5 Å². The zero-order chi connectivity index (χ0) is 9.35. The summed E-state index contributed by atoms with van der Waals surface area (Å²) in [5.41, 5.74) is 10.7. The largest absolute Gasteiger partial charge is 0.337 e. The Morgan fingerprint density at radius 3 is 2.23 bits per heavy atom. The van der Waals surface area contributed by atoms with Gasteiger partial charge in [-0.15, -0.1) is 12.4 Å². The van der Waals surface area contributed by atoms with Gasteiger partial charge < -0.3 is 16.0 Å². The van der Waals surface area contributed by atoms with E-state index in [0.29, 0.717) is 11.7 Å². The molecule has 6 heteroatoms. The molecule has 1 aromatic heterocycles.